The third kappa shape index (κ3) is 3.90. The van der Waals surface area contributed by atoms with Gasteiger partial charge in [-0.05, 0) is 18.6 Å². The highest BCUT2D eigenvalue weighted by Gasteiger charge is 2.27. The maximum atomic E-state index is 12.1. The first-order valence-electron chi connectivity index (χ1n) is 5.18. The molecule has 0 aromatic carbocycles. The average Bonchev–Trinajstić information content (AvgIpc) is 2.24. The number of halogens is 3. The molecule has 0 amide bonds. The van der Waals surface area contributed by atoms with Crippen LogP contribution in [0.1, 0.15) is 22.3 Å². The standard InChI is InChI=1S/C11H13F3N2O2/c1-7-5-8(10(17)18)6-15-9(7)16(2)4-3-11(12,13)14/h5-6H,3-4H2,1-2H3,(H,17,18). The summed E-state index contributed by atoms with van der Waals surface area (Å²) in [5.41, 5.74) is 0.542. The molecule has 0 aliphatic rings. The third-order valence-corrected chi connectivity index (χ3v) is 2.39. The number of anilines is 1. The van der Waals surface area contributed by atoms with Crippen LogP contribution in [0.3, 0.4) is 0 Å². The summed E-state index contributed by atoms with van der Waals surface area (Å²) in [7, 11) is 1.49. The fraction of sp³-hybridized carbons (Fsp3) is 0.455. The molecule has 1 heterocycles. The van der Waals surface area contributed by atoms with E-state index in [1.807, 2.05) is 0 Å². The zero-order valence-corrected chi connectivity index (χ0v) is 9.95. The van der Waals surface area contributed by atoms with E-state index in [0.717, 1.165) is 6.20 Å². The van der Waals surface area contributed by atoms with E-state index in [1.165, 1.54) is 18.0 Å². The summed E-state index contributed by atoms with van der Waals surface area (Å²) < 4.78 is 36.2. The lowest BCUT2D eigenvalue weighted by Crippen LogP contribution is -2.25. The van der Waals surface area contributed by atoms with Gasteiger partial charge in [0.1, 0.15) is 5.82 Å². The lowest BCUT2D eigenvalue weighted by atomic mass is 10.2. The van der Waals surface area contributed by atoms with E-state index in [2.05, 4.69) is 4.98 Å². The number of rotatable bonds is 4. The average molecular weight is 262 g/mol. The Morgan fingerprint density at radius 1 is 1.50 bits per heavy atom. The Balaban J connectivity index is 2.80. The molecule has 0 bridgehead atoms. The van der Waals surface area contributed by atoms with Gasteiger partial charge in [-0.15, -0.1) is 0 Å². The molecule has 1 N–H and O–H groups in total. The number of hydrogen-bond donors (Lipinski definition) is 1. The highest BCUT2D eigenvalue weighted by molar-refractivity contribution is 5.87. The first-order chi connectivity index (χ1) is 8.20. The van der Waals surface area contributed by atoms with Gasteiger partial charge in [-0.3, -0.25) is 0 Å². The number of pyridine rings is 1. The fourth-order valence-electron chi connectivity index (χ4n) is 1.48. The Hall–Kier alpha value is -1.79. The summed E-state index contributed by atoms with van der Waals surface area (Å²) in [5.74, 6) is -0.764. The van der Waals surface area contributed by atoms with Crippen molar-refractivity contribution in [3.63, 3.8) is 0 Å². The van der Waals surface area contributed by atoms with Crippen LogP contribution in [0.2, 0.25) is 0 Å². The van der Waals surface area contributed by atoms with E-state index in [9.17, 15) is 18.0 Å². The molecule has 0 saturated heterocycles. The lowest BCUT2D eigenvalue weighted by molar-refractivity contribution is -0.132. The van der Waals surface area contributed by atoms with E-state index in [1.54, 1.807) is 6.92 Å². The van der Waals surface area contributed by atoms with Gasteiger partial charge < -0.3 is 10.0 Å². The van der Waals surface area contributed by atoms with Crippen molar-refractivity contribution in [2.24, 2.45) is 0 Å². The molecule has 100 valence electrons. The van der Waals surface area contributed by atoms with Crippen LogP contribution in [0.25, 0.3) is 0 Å². The van der Waals surface area contributed by atoms with Crippen molar-refractivity contribution < 1.29 is 23.1 Å². The zero-order chi connectivity index (χ0) is 13.9. The maximum Gasteiger partial charge on any atom is 0.390 e. The molecule has 0 spiro atoms. The lowest BCUT2D eigenvalue weighted by Gasteiger charge is -2.20. The summed E-state index contributed by atoms with van der Waals surface area (Å²) >= 11 is 0. The molecule has 1 rings (SSSR count). The van der Waals surface area contributed by atoms with Gasteiger partial charge in [-0.2, -0.15) is 13.2 Å². The van der Waals surface area contributed by atoms with Crippen LogP contribution in [0.5, 0.6) is 0 Å². The van der Waals surface area contributed by atoms with Crippen molar-refractivity contribution in [3.05, 3.63) is 23.4 Å². The molecule has 1 aromatic rings. The highest BCUT2D eigenvalue weighted by Crippen LogP contribution is 2.22. The van der Waals surface area contributed by atoms with Crippen molar-refractivity contribution in [1.29, 1.82) is 0 Å². The van der Waals surface area contributed by atoms with Gasteiger partial charge in [0.15, 0.2) is 0 Å². The number of hydrogen-bond acceptors (Lipinski definition) is 3. The molecule has 0 aliphatic heterocycles. The molecule has 0 aliphatic carbocycles. The number of carboxylic acid groups (broad SMARTS) is 1. The number of aryl methyl sites for hydroxylation is 1. The Morgan fingerprint density at radius 3 is 2.56 bits per heavy atom. The highest BCUT2D eigenvalue weighted by atomic mass is 19.4. The Kier molecular flexibility index (Phi) is 4.15. The minimum Gasteiger partial charge on any atom is -0.478 e. The van der Waals surface area contributed by atoms with Crippen molar-refractivity contribution >= 4 is 11.8 Å². The molecule has 4 nitrogen and oxygen atoms in total. The predicted octanol–water partition coefficient (Wildman–Crippen LogP) is 2.48. The summed E-state index contributed by atoms with van der Waals surface area (Å²) in [6.07, 6.45) is -4.02. The van der Waals surface area contributed by atoms with Gasteiger partial charge in [0.25, 0.3) is 0 Å². The van der Waals surface area contributed by atoms with Gasteiger partial charge in [0, 0.05) is 19.8 Å². The normalized spacial score (nSPS) is 11.4. The van der Waals surface area contributed by atoms with Crippen molar-refractivity contribution in [2.75, 3.05) is 18.5 Å². The van der Waals surface area contributed by atoms with Crippen LogP contribution in [-0.2, 0) is 0 Å². The van der Waals surface area contributed by atoms with Gasteiger partial charge in [-0.25, -0.2) is 9.78 Å². The van der Waals surface area contributed by atoms with Crippen LogP contribution >= 0.6 is 0 Å². The van der Waals surface area contributed by atoms with E-state index in [4.69, 9.17) is 5.11 Å². The maximum absolute atomic E-state index is 12.1. The molecule has 0 radical (unpaired) electrons. The number of alkyl halides is 3. The van der Waals surface area contributed by atoms with E-state index in [-0.39, 0.29) is 12.1 Å². The van der Waals surface area contributed by atoms with Crippen LogP contribution in [0, 0.1) is 6.92 Å². The van der Waals surface area contributed by atoms with Crippen molar-refractivity contribution in [3.8, 4) is 0 Å². The fourth-order valence-corrected chi connectivity index (χ4v) is 1.48. The minimum atomic E-state index is -4.22. The molecule has 1 aromatic heterocycles. The van der Waals surface area contributed by atoms with Crippen LogP contribution in [0.4, 0.5) is 19.0 Å². The molecule has 0 fully saturated rings. The van der Waals surface area contributed by atoms with Gasteiger partial charge in [-0.1, -0.05) is 0 Å². The van der Waals surface area contributed by atoms with Gasteiger partial charge >= 0.3 is 12.1 Å². The number of carboxylic acids is 1. The summed E-state index contributed by atoms with van der Waals surface area (Å²) in [4.78, 5) is 15.9. The van der Waals surface area contributed by atoms with Crippen molar-refractivity contribution in [1.82, 2.24) is 4.98 Å². The van der Waals surface area contributed by atoms with E-state index in [0.29, 0.717) is 11.4 Å². The molecule has 18 heavy (non-hydrogen) atoms. The Bertz CT molecular complexity index is 446. The van der Waals surface area contributed by atoms with Crippen LogP contribution in [-0.4, -0.2) is 35.8 Å². The monoisotopic (exact) mass is 262 g/mol. The first-order valence-corrected chi connectivity index (χ1v) is 5.18. The predicted molar refractivity (Wildman–Crippen MR) is 59.9 cm³/mol. The molecule has 0 unspecified atom stereocenters. The van der Waals surface area contributed by atoms with E-state index < -0.39 is 18.6 Å². The largest absolute Gasteiger partial charge is 0.478 e. The number of aromatic nitrogens is 1. The van der Waals surface area contributed by atoms with Gasteiger partial charge in [0.05, 0.1) is 12.0 Å². The summed E-state index contributed by atoms with van der Waals surface area (Å²) in [6.45, 7) is 1.39. The quantitative estimate of drug-likeness (QED) is 0.905. The van der Waals surface area contributed by atoms with Crippen LogP contribution < -0.4 is 4.90 Å². The van der Waals surface area contributed by atoms with Crippen molar-refractivity contribution in [2.45, 2.75) is 19.5 Å². The SMILES string of the molecule is Cc1cc(C(=O)O)cnc1N(C)CCC(F)(F)F. The molecular formula is C11H13F3N2O2. The second kappa shape index (κ2) is 5.24. The zero-order valence-electron chi connectivity index (χ0n) is 9.95. The molecule has 7 heteroatoms. The third-order valence-electron chi connectivity index (χ3n) is 2.39. The second-order valence-electron chi connectivity index (χ2n) is 3.96. The summed E-state index contributed by atoms with van der Waals surface area (Å²) in [6, 6.07) is 1.38. The van der Waals surface area contributed by atoms with Gasteiger partial charge in [0.2, 0.25) is 0 Å². The molecule has 0 atom stereocenters. The topological polar surface area (TPSA) is 53.4 Å². The van der Waals surface area contributed by atoms with E-state index >= 15 is 0 Å². The second-order valence-corrected chi connectivity index (χ2v) is 3.96. The smallest absolute Gasteiger partial charge is 0.390 e. The Labute approximate surface area is 102 Å². The number of aromatic carboxylic acids is 1. The number of carbonyl (C=O) groups is 1. The molecule has 0 saturated carbocycles. The number of nitrogens with zero attached hydrogens (tertiary/aromatic N) is 2. The van der Waals surface area contributed by atoms with Crippen LogP contribution in [0.15, 0.2) is 12.3 Å². The summed E-state index contributed by atoms with van der Waals surface area (Å²) in [5, 5.41) is 8.75. The minimum absolute atomic E-state index is 0.0143. The first kappa shape index (κ1) is 14.3. The molecular weight excluding hydrogens is 249 g/mol. The Morgan fingerprint density at radius 2 is 2.11 bits per heavy atom.